The van der Waals surface area contributed by atoms with Crippen LogP contribution in [0.2, 0.25) is 0 Å². The lowest BCUT2D eigenvalue weighted by atomic mass is 9.89. The van der Waals surface area contributed by atoms with Gasteiger partial charge in [0.05, 0.1) is 13.5 Å². The molecule has 3 heteroatoms. The number of rotatable bonds is 4. The van der Waals surface area contributed by atoms with Crippen LogP contribution in [0.25, 0.3) is 0 Å². The van der Waals surface area contributed by atoms with E-state index >= 15 is 0 Å². The molecule has 0 unspecified atom stereocenters. The molecule has 0 bridgehead atoms. The van der Waals surface area contributed by atoms with Crippen molar-refractivity contribution in [2.45, 2.75) is 38.5 Å². The number of aryl methyl sites for hydroxylation is 2. The summed E-state index contributed by atoms with van der Waals surface area (Å²) in [6, 6.07) is 4.09. The zero-order chi connectivity index (χ0) is 12.6. The van der Waals surface area contributed by atoms with E-state index in [9.17, 15) is 4.79 Å². The molecule has 17 heavy (non-hydrogen) atoms. The summed E-state index contributed by atoms with van der Waals surface area (Å²) < 4.78 is 5.40. The standard InChI is InChI=1S/C14H18O3/c1-9-6-11(12(17-3)7-10(9)2)14(4-5-14)8-13(15)16/h6-7H,4-5,8H2,1-3H3,(H,15,16). The molecule has 0 aromatic heterocycles. The fraction of sp³-hybridized carbons (Fsp3) is 0.500. The second-order valence-corrected chi connectivity index (χ2v) is 4.99. The molecule has 1 fully saturated rings. The largest absolute Gasteiger partial charge is 0.496 e. The van der Waals surface area contributed by atoms with Gasteiger partial charge in [-0.3, -0.25) is 4.79 Å². The highest BCUT2D eigenvalue weighted by molar-refractivity contribution is 5.70. The third-order valence-electron chi connectivity index (χ3n) is 3.73. The minimum absolute atomic E-state index is 0.185. The fourth-order valence-electron chi connectivity index (χ4n) is 2.35. The van der Waals surface area contributed by atoms with Gasteiger partial charge in [0.2, 0.25) is 0 Å². The van der Waals surface area contributed by atoms with Gasteiger partial charge >= 0.3 is 5.97 Å². The highest BCUT2D eigenvalue weighted by atomic mass is 16.5. The van der Waals surface area contributed by atoms with Crippen molar-refractivity contribution >= 4 is 5.97 Å². The van der Waals surface area contributed by atoms with Crippen molar-refractivity contribution in [2.24, 2.45) is 0 Å². The third kappa shape index (κ3) is 2.14. The Hall–Kier alpha value is -1.51. The molecule has 1 aliphatic carbocycles. The van der Waals surface area contributed by atoms with E-state index in [1.165, 1.54) is 11.1 Å². The summed E-state index contributed by atoms with van der Waals surface area (Å²) in [7, 11) is 1.64. The normalized spacial score (nSPS) is 16.6. The SMILES string of the molecule is COc1cc(C)c(C)cc1C1(CC(=O)O)CC1. The number of ether oxygens (including phenoxy) is 1. The van der Waals surface area contributed by atoms with Crippen LogP contribution in [0.3, 0.4) is 0 Å². The fourth-order valence-corrected chi connectivity index (χ4v) is 2.35. The van der Waals surface area contributed by atoms with Crippen molar-refractivity contribution in [1.82, 2.24) is 0 Å². The van der Waals surface area contributed by atoms with E-state index in [4.69, 9.17) is 9.84 Å². The molecule has 0 radical (unpaired) electrons. The molecule has 0 spiro atoms. The van der Waals surface area contributed by atoms with Gasteiger partial charge in [0, 0.05) is 11.0 Å². The Balaban J connectivity index is 2.44. The summed E-state index contributed by atoms with van der Waals surface area (Å²) in [6.45, 7) is 4.09. The molecule has 1 saturated carbocycles. The molecule has 1 N–H and O–H groups in total. The summed E-state index contributed by atoms with van der Waals surface area (Å²) in [5.74, 6) is 0.0923. The first-order valence-electron chi connectivity index (χ1n) is 5.86. The van der Waals surface area contributed by atoms with Gasteiger partial charge in [-0.2, -0.15) is 0 Å². The lowest BCUT2D eigenvalue weighted by Gasteiger charge is -2.19. The quantitative estimate of drug-likeness (QED) is 0.871. The number of carbonyl (C=O) groups is 1. The van der Waals surface area contributed by atoms with E-state index < -0.39 is 5.97 Å². The van der Waals surface area contributed by atoms with Gasteiger partial charge in [-0.25, -0.2) is 0 Å². The summed E-state index contributed by atoms with van der Waals surface area (Å²) in [5.41, 5.74) is 3.25. The molecule has 92 valence electrons. The Bertz CT molecular complexity index is 459. The van der Waals surface area contributed by atoms with Gasteiger partial charge in [0.1, 0.15) is 5.75 Å². The van der Waals surface area contributed by atoms with E-state index in [2.05, 4.69) is 13.0 Å². The molecule has 2 rings (SSSR count). The molecule has 3 nitrogen and oxygen atoms in total. The Kier molecular flexibility index (Phi) is 2.86. The Morgan fingerprint density at radius 1 is 1.35 bits per heavy atom. The topological polar surface area (TPSA) is 46.5 Å². The van der Waals surface area contributed by atoms with Crippen molar-refractivity contribution in [1.29, 1.82) is 0 Å². The van der Waals surface area contributed by atoms with E-state index in [1.54, 1.807) is 7.11 Å². The molecule has 0 saturated heterocycles. The van der Waals surface area contributed by atoms with E-state index in [1.807, 2.05) is 13.0 Å². The first-order valence-corrected chi connectivity index (χ1v) is 5.86. The molecule has 0 aliphatic heterocycles. The van der Waals surface area contributed by atoms with Crippen molar-refractivity contribution in [3.05, 3.63) is 28.8 Å². The van der Waals surface area contributed by atoms with Gasteiger partial charge < -0.3 is 9.84 Å². The number of carboxylic acids is 1. The maximum absolute atomic E-state index is 10.9. The summed E-state index contributed by atoms with van der Waals surface area (Å²) in [4.78, 5) is 10.9. The zero-order valence-electron chi connectivity index (χ0n) is 10.5. The minimum Gasteiger partial charge on any atom is -0.496 e. The lowest BCUT2D eigenvalue weighted by Crippen LogP contribution is -2.14. The van der Waals surface area contributed by atoms with Gasteiger partial charge in [0.15, 0.2) is 0 Å². The number of aliphatic carboxylic acids is 1. The minimum atomic E-state index is -0.734. The summed E-state index contributed by atoms with van der Waals surface area (Å²) in [5, 5.41) is 9.00. The van der Waals surface area contributed by atoms with Crippen LogP contribution in [0.5, 0.6) is 5.75 Å². The molecule has 0 atom stereocenters. The Morgan fingerprint density at radius 2 is 1.94 bits per heavy atom. The highest BCUT2D eigenvalue weighted by Gasteiger charge is 2.47. The molecule has 0 amide bonds. The van der Waals surface area contributed by atoms with Crippen molar-refractivity contribution in [2.75, 3.05) is 7.11 Å². The van der Waals surface area contributed by atoms with Crippen LogP contribution < -0.4 is 4.74 Å². The van der Waals surface area contributed by atoms with E-state index in [0.717, 1.165) is 24.2 Å². The van der Waals surface area contributed by atoms with Gasteiger partial charge in [-0.15, -0.1) is 0 Å². The maximum Gasteiger partial charge on any atom is 0.304 e. The van der Waals surface area contributed by atoms with E-state index in [0.29, 0.717) is 0 Å². The van der Waals surface area contributed by atoms with Crippen molar-refractivity contribution < 1.29 is 14.6 Å². The average Bonchev–Trinajstić information content (AvgIpc) is 3.01. The van der Waals surface area contributed by atoms with Gasteiger partial charge in [-0.1, -0.05) is 6.07 Å². The first kappa shape index (κ1) is 12.0. The molecular weight excluding hydrogens is 216 g/mol. The maximum atomic E-state index is 10.9. The van der Waals surface area contributed by atoms with Crippen LogP contribution in [0, 0.1) is 13.8 Å². The number of carboxylic acid groups (broad SMARTS) is 1. The zero-order valence-corrected chi connectivity index (χ0v) is 10.5. The van der Waals surface area contributed by atoms with Crippen LogP contribution in [0.4, 0.5) is 0 Å². The summed E-state index contributed by atoms with van der Waals surface area (Å²) >= 11 is 0. The summed E-state index contributed by atoms with van der Waals surface area (Å²) in [6.07, 6.45) is 2.09. The number of benzene rings is 1. The van der Waals surface area contributed by atoms with Gasteiger partial charge in [-0.05, 0) is 43.9 Å². The monoisotopic (exact) mass is 234 g/mol. The molecular formula is C14H18O3. The second-order valence-electron chi connectivity index (χ2n) is 4.99. The van der Waals surface area contributed by atoms with Crippen molar-refractivity contribution in [3.63, 3.8) is 0 Å². The molecule has 1 aromatic carbocycles. The van der Waals surface area contributed by atoms with Crippen LogP contribution in [-0.2, 0) is 10.2 Å². The molecule has 1 aromatic rings. The smallest absolute Gasteiger partial charge is 0.304 e. The Labute approximate surface area is 101 Å². The Morgan fingerprint density at radius 3 is 2.41 bits per heavy atom. The first-order chi connectivity index (χ1) is 7.98. The predicted octanol–water partition coefficient (Wildman–Crippen LogP) is 2.82. The van der Waals surface area contributed by atoms with Gasteiger partial charge in [0.25, 0.3) is 0 Å². The molecule has 1 aliphatic rings. The average molecular weight is 234 g/mol. The second kappa shape index (κ2) is 4.06. The third-order valence-corrected chi connectivity index (χ3v) is 3.73. The van der Waals surface area contributed by atoms with Crippen LogP contribution >= 0.6 is 0 Å². The molecule has 0 heterocycles. The lowest BCUT2D eigenvalue weighted by molar-refractivity contribution is -0.137. The van der Waals surface area contributed by atoms with Crippen LogP contribution in [0.15, 0.2) is 12.1 Å². The number of methoxy groups -OCH3 is 1. The number of hydrogen-bond donors (Lipinski definition) is 1. The van der Waals surface area contributed by atoms with Crippen LogP contribution in [0.1, 0.15) is 36.0 Å². The highest BCUT2D eigenvalue weighted by Crippen LogP contribution is 2.54. The van der Waals surface area contributed by atoms with Crippen molar-refractivity contribution in [3.8, 4) is 5.75 Å². The van der Waals surface area contributed by atoms with E-state index in [-0.39, 0.29) is 11.8 Å². The van der Waals surface area contributed by atoms with Crippen LogP contribution in [-0.4, -0.2) is 18.2 Å². The predicted molar refractivity (Wildman–Crippen MR) is 65.6 cm³/mol. The number of hydrogen-bond acceptors (Lipinski definition) is 2.